The zero-order valence-corrected chi connectivity index (χ0v) is 12.5. The van der Waals surface area contributed by atoms with Crippen molar-refractivity contribution in [1.82, 2.24) is 4.72 Å². The molecule has 0 spiro atoms. The topological polar surface area (TPSA) is 72.2 Å². The Hall–Kier alpha value is -0.780. The quantitative estimate of drug-likeness (QED) is 0.822. The second-order valence-electron chi connectivity index (χ2n) is 5.22. The Morgan fingerprint density at radius 3 is 2.58 bits per heavy atom. The van der Waals surface area contributed by atoms with Crippen LogP contribution < -0.4 is 10.5 Å². The average molecular weight is 303 g/mol. The molecule has 0 atom stereocenters. The van der Waals surface area contributed by atoms with Gasteiger partial charge in [-0.05, 0) is 42.9 Å². The molecule has 4 nitrogen and oxygen atoms in total. The molecule has 6 heteroatoms. The van der Waals surface area contributed by atoms with Gasteiger partial charge < -0.3 is 5.73 Å². The van der Waals surface area contributed by atoms with Gasteiger partial charge in [0.1, 0.15) is 4.90 Å². The highest BCUT2D eigenvalue weighted by molar-refractivity contribution is 7.89. The number of rotatable bonds is 5. The zero-order valence-electron chi connectivity index (χ0n) is 10.9. The van der Waals surface area contributed by atoms with Crippen molar-refractivity contribution in [3.8, 4) is 0 Å². The molecule has 0 aliphatic heterocycles. The van der Waals surface area contributed by atoms with Gasteiger partial charge in [-0.3, -0.25) is 0 Å². The summed E-state index contributed by atoms with van der Waals surface area (Å²) in [4.78, 5) is 0.0916. The highest BCUT2D eigenvalue weighted by Crippen LogP contribution is 2.43. The van der Waals surface area contributed by atoms with Crippen molar-refractivity contribution in [2.45, 2.75) is 37.5 Å². The Morgan fingerprint density at radius 2 is 2.11 bits per heavy atom. The molecule has 0 radical (unpaired) electrons. The minimum Gasteiger partial charge on any atom is -0.399 e. The van der Waals surface area contributed by atoms with E-state index in [9.17, 15) is 8.42 Å². The van der Waals surface area contributed by atoms with Gasteiger partial charge in [0.05, 0.1) is 5.02 Å². The van der Waals surface area contributed by atoms with Crippen molar-refractivity contribution in [3.63, 3.8) is 0 Å². The fourth-order valence-corrected chi connectivity index (χ4v) is 4.10. The summed E-state index contributed by atoms with van der Waals surface area (Å²) in [6.07, 6.45) is 4.34. The van der Waals surface area contributed by atoms with Crippen molar-refractivity contribution < 1.29 is 8.42 Å². The van der Waals surface area contributed by atoms with Crippen molar-refractivity contribution in [2.75, 3.05) is 12.3 Å². The normalized spacial score (nSPS) is 18.0. The lowest BCUT2D eigenvalue weighted by Gasteiger charge is -2.41. The number of benzene rings is 1. The van der Waals surface area contributed by atoms with E-state index in [1.807, 2.05) is 0 Å². The summed E-state index contributed by atoms with van der Waals surface area (Å²) in [5, 5.41) is 0.159. The van der Waals surface area contributed by atoms with Crippen molar-refractivity contribution in [2.24, 2.45) is 5.41 Å². The Labute approximate surface area is 119 Å². The summed E-state index contributed by atoms with van der Waals surface area (Å²) < 4.78 is 27.1. The second kappa shape index (κ2) is 5.31. The Bertz CT molecular complexity index is 562. The lowest BCUT2D eigenvalue weighted by atomic mass is 9.67. The van der Waals surface area contributed by atoms with Crippen molar-refractivity contribution >= 4 is 27.3 Å². The van der Waals surface area contributed by atoms with E-state index >= 15 is 0 Å². The van der Waals surface area contributed by atoms with Gasteiger partial charge in [0.15, 0.2) is 0 Å². The summed E-state index contributed by atoms with van der Waals surface area (Å²) in [6.45, 7) is 2.58. The minimum absolute atomic E-state index is 0.0916. The van der Waals surface area contributed by atoms with Crippen LogP contribution in [-0.4, -0.2) is 15.0 Å². The molecular weight excluding hydrogens is 284 g/mol. The number of halogens is 1. The molecule has 0 saturated heterocycles. The number of nitrogens with two attached hydrogens (primary N) is 1. The van der Waals surface area contributed by atoms with Gasteiger partial charge in [-0.2, -0.15) is 0 Å². The first-order valence-corrected chi connectivity index (χ1v) is 8.29. The van der Waals surface area contributed by atoms with Crippen LogP contribution >= 0.6 is 11.6 Å². The molecule has 0 unspecified atom stereocenters. The third-order valence-electron chi connectivity index (χ3n) is 4.05. The zero-order chi connectivity index (χ0) is 14.1. The van der Waals surface area contributed by atoms with Crippen LogP contribution in [0.2, 0.25) is 5.02 Å². The number of anilines is 1. The maximum atomic E-state index is 12.2. The number of hydrogen-bond donors (Lipinski definition) is 2. The van der Waals surface area contributed by atoms with Gasteiger partial charge in [0, 0.05) is 12.2 Å². The second-order valence-corrected chi connectivity index (χ2v) is 7.36. The highest BCUT2D eigenvalue weighted by atomic mass is 35.5. The number of nitrogen functional groups attached to an aromatic ring is 1. The average Bonchev–Trinajstić information content (AvgIpc) is 2.27. The molecule has 0 bridgehead atoms. The van der Waals surface area contributed by atoms with Crippen LogP contribution in [0.15, 0.2) is 23.1 Å². The van der Waals surface area contributed by atoms with Crippen LogP contribution in [0.1, 0.15) is 32.6 Å². The van der Waals surface area contributed by atoms with Gasteiger partial charge >= 0.3 is 0 Å². The molecule has 19 heavy (non-hydrogen) atoms. The number of hydrogen-bond acceptors (Lipinski definition) is 3. The third kappa shape index (κ3) is 3.04. The molecule has 0 amide bonds. The molecule has 0 heterocycles. The summed E-state index contributed by atoms with van der Waals surface area (Å²) >= 11 is 5.95. The third-order valence-corrected chi connectivity index (χ3v) is 5.93. The number of sulfonamides is 1. The monoisotopic (exact) mass is 302 g/mol. The van der Waals surface area contributed by atoms with E-state index in [2.05, 4.69) is 11.6 Å². The first-order chi connectivity index (χ1) is 8.88. The predicted molar refractivity (Wildman–Crippen MR) is 77.6 cm³/mol. The van der Waals surface area contributed by atoms with Gasteiger partial charge in [-0.1, -0.05) is 24.9 Å². The summed E-state index contributed by atoms with van der Waals surface area (Å²) in [5.74, 6) is 0. The molecule has 1 saturated carbocycles. The molecule has 1 aliphatic carbocycles. The smallest absolute Gasteiger partial charge is 0.242 e. The lowest BCUT2D eigenvalue weighted by Crippen LogP contribution is -2.41. The van der Waals surface area contributed by atoms with E-state index in [0.717, 1.165) is 19.3 Å². The van der Waals surface area contributed by atoms with E-state index in [0.29, 0.717) is 12.2 Å². The van der Waals surface area contributed by atoms with Crippen LogP contribution in [0.3, 0.4) is 0 Å². The molecule has 3 N–H and O–H groups in total. The minimum atomic E-state index is -3.56. The predicted octanol–water partition coefficient (Wildman–Crippen LogP) is 2.78. The van der Waals surface area contributed by atoms with Gasteiger partial charge in [-0.15, -0.1) is 0 Å². The summed E-state index contributed by atoms with van der Waals surface area (Å²) in [5.41, 5.74) is 6.15. The van der Waals surface area contributed by atoms with E-state index in [1.54, 1.807) is 6.07 Å². The Balaban J connectivity index is 2.14. The maximum Gasteiger partial charge on any atom is 0.242 e. The molecule has 1 aromatic carbocycles. The summed E-state index contributed by atoms with van der Waals surface area (Å²) in [6, 6.07) is 4.44. The number of nitrogens with one attached hydrogen (secondary N) is 1. The molecule has 1 fully saturated rings. The molecule has 1 aliphatic rings. The van der Waals surface area contributed by atoms with Crippen LogP contribution in [-0.2, 0) is 10.0 Å². The van der Waals surface area contributed by atoms with Crippen LogP contribution in [0.4, 0.5) is 5.69 Å². The summed E-state index contributed by atoms with van der Waals surface area (Å²) in [7, 11) is -3.56. The highest BCUT2D eigenvalue weighted by Gasteiger charge is 2.36. The van der Waals surface area contributed by atoms with E-state index in [-0.39, 0.29) is 15.3 Å². The van der Waals surface area contributed by atoms with Crippen LogP contribution in [0.25, 0.3) is 0 Å². The van der Waals surface area contributed by atoms with Crippen LogP contribution in [0.5, 0.6) is 0 Å². The Morgan fingerprint density at radius 1 is 1.42 bits per heavy atom. The lowest BCUT2D eigenvalue weighted by molar-refractivity contribution is 0.133. The molecular formula is C13H19ClN2O2S. The molecule has 1 aromatic rings. The van der Waals surface area contributed by atoms with Gasteiger partial charge in [0.2, 0.25) is 10.0 Å². The fraction of sp³-hybridized carbons (Fsp3) is 0.538. The van der Waals surface area contributed by atoms with E-state index in [4.69, 9.17) is 17.3 Å². The molecule has 2 rings (SSSR count). The SMILES string of the molecule is CCC1(CNS(=O)(=O)c2ccc(N)cc2Cl)CCC1. The van der Waals surface area contributed by atoms with E-state index in [1.165, 1.54) is 18.6 Å². The van der Waals surface area contributed by atoms with Crippen LogP contribution in [0, 0.1) is 5.41 Å². The molecule has 0 aromatic heterocycles. The largest absolute Gasteiger partial charge is 0.399 e. The maximum absolute atomic E-state index is 12.2. The first-order valence-electron chi connectivity index (χ1n) is 6.43. The first kappa shape index (κ1) is 14.6. The molecule has 106 valence electrons. The van der Waals surface area contributed by atoms with E-state index < -0.39 is 10.0 Å². The van der Waals surface area contributed by atoms with Crippen molar-refractivity contribution in [3.05, 3.63) is 23.2 Å². The van der Waals surface area contributed by atoms with Gasteiger partial charge in [-0.25, -0.2) is 13.1 Å². The van der Waals surface area contributed by atoms with Crippen molar-refractivity contribution in [1.29, 1.82) is 0 Å². The standard InChI is InChI=1S/C13H19ClN2O2S/c1-2-13(6-3-7-13)9-16-19(17,18)12-5-4-10(15)8-11(12)14/h4-5,8,16H,2-3,6-7,9,15H2,1H3. The fourth-order valence-electron chi connectivity index (χ4n) is 2.39. The van der Waals surface area contributed by atoms with Gasteiger partial charge in [0.25, 0.3) is 0 Å². The Kier molecular flexibility index (Phi) is 4.08.